The number of hydrogen-bond acceptors (Lipinski definition) is 5. The predicted molar refractivity (Wildman–Crippen MR) is 91.8 cm³/mol. The lowest BCUT2D eigenvalue weighted by atomic mass is 10.2. The Bertz CT molecular complexity index is 940. The van der Waals surface area contributed by atoms with Crippen molar-refractivity contribution in [2.75, 3.05) is 12.1 Å². The Hall–Kier alpha value is -3.43. The maximum Gasteiger partial charge on any atom is 0.336 e. The van der Waals surface area contributed by atoms with Crippen LogP contribution in [0.2, 0.25) is 0 Å². The maximum atomic E-state index is 11.2. The van der Waals surface area contributed by atoms with Gasteiger partial charge in [0.1, 0.15) is 11.3 Å². The number of rotatable bonds is 6. The number of ether oxygens (including phenoxy) is 1. The smallest absolute Gasteiger partial charge is 0.336 e. The van der Waals surface area contributed by atoms with Gasteiger partial charge in [0.2, 0.25) is 5.76 Å². The van der Waals surface area contributed by atoms with Crippen LogP contribution in [0.25, 0.3) is 11.0 Å². The van der Waals surface area contributed by atoms with Crippen molar-refractivity contribution in [2.24, 2.45) is 0 Å². The fourth-order valence-corrected chi connectivity index (χ4v) is 2.04. The van der Waals surface area contributed by atoms with E-state index in [0.717, 1.165) is 11.1 Å². The van der Waals surface area contributed by atoms with Crippen LogP contribution < -0.4 is 15.8 Å². The monoisotopic (exact) mass is 321 g/mol. The summed E-state index contributed by atoms with van der Waals surface area (Å²) in [4.78, 5) is 16.6. The van der Waals surface area contributed by atoms with Gasteiger partial charge < -0.3 is 14.0 Å². The summed E-state index contributed by atoms with van der Waals surface area (Å²) in [6.07, 6.45) is 0. The number of fused-ring (bicyclic) bond motifs is 1. The molecule has 0 aliphatic rings. The molecule has 0 bridgehead atoms. The number of hydrogen-bond donors (Lipinski definition) is 1. The van der Waals surface area contributed by atoms with Crippen molar-refractivity contribution >= 4 is 16.7 Å². The van der Waals surface area contributed by atoms with E-state index < -0.39 is 0 Å². The molecule has 0 spiro atoms. The molecule has 5 nitrogen and oxygen atoms in total. The summed E-state index contributed by atoms with van der Waals surface area (Å²) in [5.74, 6) is 1.15. The van der Waals surface area contributed by atoms with Crippen LogP contribution in [0, 0.1) is 0 Å². The molecule has 1 N–H and O–H groups in total. The first-order valence-electron chi connectivity index (χ1n) is 7.28. The maximum absolute atomic E-state index is 11.2. The molecule has 120 valence electrons. The van der Waals surface area contributed by atoms with Crippen LogP contribution in [0.3, 0.4) is 0 Å². The van der Waals surface area contributed by atoms with E-state index in [-0.39, 0.29) is 12.2 Å². The lowest BCUT2D eigenvalue weighted by Gasteiger charge is -2.11. The molecule has 0 radical (unpaired) electrons. The first-order chi connectivity index (χ1) is 11.7. The molecule has 0 unspecified atom stereocenters. The Labute approximate surface area is 138 Å². The van der Waals surface area contributed by atoms with Crippen molar-refractivity contribution < 1.29 is 14.0 Å². The topological polar surface area (TPSA) is 60.7 Å². The summed E-state index contributed by atoms with van der Waals surface area (Å²) in [6.45, 7) is 3.79. The SMILES string of the molecule is C=C=C(COc1ccccc1)ONc1ccc2oc(=O)ccc2c1. The Morgan fingerprint density at radius 3 is 2.75 bits per heavy atom. The van der Waals surface area contributed by atoms with Gasteiger partial charge in [-0.1, -0.05) is 30.5 Å². The van der Waals surface area contributed by atoms with Crippen molar-refractivity contribution in [1.29, 1.82) is 0 Å². The van der Waals surface area contributed by atoms with E-state index in [1.807, 2.05) is 30.3 Å². The van der Waals surface area contributed by atoms with Crippen LogP contribution in [-0.2, 0) is 4.84 Å². The first kappa shape index (κ1) is 15.5. The molecular formula is C19H15NO4. The van der Waals surface area contributed by atoms with E-state index in [2.05, 4.69) is 17.8 Å². The third kappa shape index (κ3) is 3.85. The predicted octanol–water partition coefficient (Wildman–Crippen LogP) is 3.88. The van der Waals surface area contributed by atoms with Crippen molar-refractivity contribution in [3.8, 4) is 5.75 Å². The molecule has 2 aromatic carbocycles. The van der Waals surface area contributed by atoms with Gasteiger partial charge in [-0.2, -0.15) is 0 Å². The van der Waals surface area contributed by atoms with E-state index in [0.29, 0.717) is 17.0 Å². The molecule has 0 amide bonds. The van der Waals surface area contributed by atoms with Gasteiger partial charge in [0.05, 0.1) is 5.69 Å². The zero-order valence-electron chi connectivity index (χ0n) is 12.8. The quantitative estimate of drug-likeness (QED) is 0.323. The lowest BCUT2D eigenvalue weighted by Crippen LogP contribution is -2.08. The van der Waals surface area contributed by atoms with Crippen LogP contribution in [-0.4, -0.2) is 6.61 Å². The van der Waals surface area contributed by atoms with Crippen LogP contribution >= 0.6 is 0 Å². The average Bonchev–Trinajstić information content (AvgIpc) is 2.62. The van der Waals surface area contributed by atoms with Gasteiger partial charge in [-0.15, -0.1) is 0 Å². The molecule has 3 rings (SSSR count). The van der Waals surface area contributed by atoms with E-state index in [4.69, 9.17) is 14.0 Å². The van der Waals surface area contributed by atoms with Gasteiger partial charge in [0.15, 0.2) is 6.61 Å². The molecule has 0 saturated heterocycles. The second kappa shape index (κ2) is 7.22. The van der Waals surface area contributed by atoms with Crippen LogP contribution in [0.1, 0.15) is 0 Å². The van der Waals surface area contributed by atoms with E-state index >= 15 is 0 Å². The van der Waals surface area contributed by atoms with Crippen molar-refractivity contribution in [1.82, 2.24) is 0 Å². The number of benzene rings is 2. The highest BCUT2D eigenvalue weighted by molar-refractivity contribution is 5.80. The molecule has 0 saturated carbocycles. The Kier molecular flexibility index (Phi) is 4.65. The molecule has 1 aromatic heterocycles. The second-order valence-corrected chi connectivity index (χ2v) is 4.91. The van der Waals surface area contributed by atoms with Gasteiger partial charge in [-0.3, -0.25) is 0 Å². The summed E-state index contributed by atoms with van der Waals surface area (Å²) >= 11 is 0. The third-order valence-electron chi connectivity index (χ3n) is 3.22. The second-order valence-electron chi connectivity index (χ2n) is 4.91. The highest BCUT2D eigenvalue weighted by Gasteiger charge is 2.03. The van der Waals surface area contributed by atoms with Gasteiger partial charge >= 0.3 is 5.63 Å². The van der Waals surface area contributed by atoms with Gasteiger partial charge in [0, 0.05) is 11.5 Å². The summed E-state index contributed by atoms with van der Waals surface area (Å²) in [5, 5.41) is 0.785. The summed E-state index contributed by atoms with van der Waals surface area (Å²) in [5.41, 5.74) is 6.32. The fraction of sp³-hybridized carbons (Fsp3) is 0.0526. The van der Waals surface area contributed by atoms with Crippen LogP contribution in [0.4, 0.5) is 5.69 Å². The number of para-hydroxylation sites is 1. The summed E-state index contributed by atoms with van der Waals surface area (Å²) in [6, 6.07) is 17.7. The lowest BCUT2D eigenvalue weighted by molar-refractivity contribution is 0.216. The average molecular weight is 321 g/mol. The van der Waals surface area contributed by atoms with E-state index in [1.165, 1.54) is 6.07 Å². The van der Waals surface area contributed by atoms with Crippen molar-refractivity contribution in [3.63, 3.8) is 0 Å². The molecule has 5 heteroatoms. The molecule has 0 atom stereocenters. The minimum Gasteiger partial charge on any atom is -0.485 e. The molecule has 1 heterocycles. The Balaban J connectivity index is 1.62. The zero-order valence-corrected chi connectivity index (χ0v) is 12.8. The van der Waals surface area contributed by atoms with Gasteiger partial charge in [-0.05, 0) is 36.4 Å². The highest BCUT2D eigenvalue weighted by Crippen LogP contribution is 2.18. The van der Waals surface area contributed by atoms with Crippen LogP contribution in [0.15, 0.2) is 87.9 Å². The standard InChI is InChI=1S/C19H15NO4/c1-2-16(13-22-17-6-4-3-5-7-17)24-20-15-9-10-18-14(12-15)8-11-19(21)23-18/h3-12,20H,1,13H2. The molecule has 0 fully saturated rings. The largest absolute Gasteiger partial charge is 0.485 e. The summed E-state index contributed by atoms with van der Waals surface area (Å²) < 4.78 is 10.7. The number of nitrogens with one attached hydrogen (secondary N) is 1. The normalized spacial score (nSPS) is 10.0. The Morgan fingerprint density at radius 1 is 1.12 bits per heavy atom. The molecule has 24 heavy (non-hydrogen) atoms. The van der Waals surface area contributed by atoms with Crippen LogP contribution in [0.5, 0.6) is 5.75 Å². The summed E-state index contributed by atoms with van der Waals surface area (Å²) in [7, 11) is 0. The molecule has 0 aliphatic carbocycles. The Morgan fingerprint density at radius 2 is 1.96 bits per heavy atom. The third-order valence-corrected chi connectivity index (χ3v) is 3.22. The van der Waals surface area contributed by atoms with E-state index in [9.17, 15) is 4.79 Å². The number of anilines is 1. The van der Waals surface area contributed by atoms with Gasteiger partial charge in [-0.25, -0.2) is 10.3 Å². The van der Waals surface area contributed by atoms with Gasteiger partial charge in [0.25, 0.3) is 0 Å². The molecule has 3 aromatic rings. The molecular weight excluding hydrogens is 306 g/mol. The zero-order chi connectivity index (χ0) is 16.8. The fourth-order valence-electron chi connectivity index (χ4n) is 2.04. The minimum absolute atomic E-state index is 0.197. The van der Waals surface area contributed by atoms with Crippen molar-refractivity contribution in [3.05, 3.63) is 89.2 Å². The minimum atomic E-state index is -0.380. The van der Waals surface area contributed by atoms with Crippen molar-refractivity contribution in [2.45, 2.75) is 0 Å². The first-order valence-corrected chi connectivity index (χ1v) is 7.28. The molecule has 0 aliphatic heterocycles. The highest BCUT2D eigenvalue weighted by atomic mass is 16.7. The van der Waals surface area contributed by atoms with E-state index in [1.54, 1.807) is 24.3 Å².